The van der Waals surface area contributed by atoms with Gasteiger partial charge in [0.25, 0.3) is 0 Å². The topological polar surface area (TPSA) is 236 Å². The molecule has 0 spiro atoms. The molecule has 2 atom stereocenters. The van der Waals surface area contributed by atoms with Gasteiger partial charge in [-0.05, 0) is 116 Å². The van der Waals surface area contributed by atoms with Gasteiger partial charge < -0.3 is 28.6 Å². The molecule has 3 aromatic carbocycles. The predicted octanol–water partition coefficient (Wildman–Crippen LogP) is -1.48. The van der Waals surface area contributed by atoms with Gasteiger partial charge in [0.05, 0.1) is 15.0 Å². The summed E-state index contributed by atoms with van der Waals surface area (Å²) in [7, 11) is -9.12. The summed E-state index contributed by atoms with van der Waals surface area (Å²) in [6, 6.07) is 20.9. The van der Waals surface area contributed by atoms with E-state index in [9.17, 15) is 49.1 Å². The fraction of sp³-hybridized carbons (Fsp3) is 0.464. The zero-order valence-electron chi connectivity index (χ0n) is 46.5. The van der Waals surface area contributed by atoms with Crippen molar-refractivity contribution in [2.24, 2.45) is 11.8 Å². The number of carbonyl (C=O) groups excluding carboxylic acids is 3. The second-order valence-electron chi connectivity index (χ2n) is 21.0. The normalized spacial score (nSPS) is 19.3. The second kappa shape index (κ2) is 29.1. The standard InChI is InChI=1S/C56H70N4O12S3.3Na/c1-38(2)44-37-52(62)60(54(44)63)33-30-57-51(61)29-20-39-18-23-42(24-19-39)72-53-40(21-27-49-55(3,4)45-16-7-8-17-47(45)58(49)32-10-12-35-74(66,67)68)14-13-15-41(53)22-28-50-56(5,6)46-36-43(75(69,70)71)25-26-48(46)59(50)31-9-11-34-73(64)65;;;/h8,16-19,21-28,36,38,44H,9-15,20,29-35,37H2,1-6H3,(H,57,61)(H,64,65)(H,66,67,68)(H,69,70,71);;;/q;3*+1/p-3. The third kappa shape index (κ3) is 16.8. The minimum absolute atomic E-state index is 0. The Kier molecular flexibility index (Phi) is 25.3. The Labute approximate surface area is 529 Å². The van der Waals surface area contributed by atoms with Crippen molar-refractivity contribution in [2.75, 3.05) is 42.6 Å². The first-order chi connectivity index (χ1) is 35.4. The number of hydrogen-bond donors (Lipinski definition) is 1. The molecule has 3 aromatic rings. The number of benzene rings is 3. The smallest absolute Gasteiger partial charge is 0.772 e. The number of rotatable bonds is 23. The number of ether oxygens (including phenoxy) is 1. The number of fused-ring (bicyclic) bond motifs is 2. The molecule has 22 heteroatoms. The van der Waals surface area contributed by atoms with Gasteiger partial charge in [-0.25, -0.2) is 21.4 Å². The van der Waals surface area contributed by atoms with Crippen LogP contribution in [0.2, 0.25) is 0 Å². The van der Waals surface area contributed by atoms with Crippen molar-refractivity contribution in [2.45, 2.75) is 121 Å². The Bertz CT molecular complexity index is 3120. The van der Waals surface area contributed by atoms with Crippen LogP contribution in [-0.4, -0.2) is 105 Å². The van der Waals surface area contributed by atoms with Gasteiger partial charge in [0, 0.05) is 84.6 Å². The van der Waals surface area contributed by atoms with Crippen LogP contribution in [0.3, 0.4) is 0 Å². The van der Waals surface area contributed by atoms with Gasteiger partial charge in [0.1, 0.15) is 33.9 Å². The first-order valence-electron chi connectivity index (χ1n) is 25.6. The number of imide groups is 1. The maximum atomic E-state index is 12.9. The molecule has 16 nitrogen and oxygen atoms in total. The molecule has 7 rings (SSSR count). The number of unbranched alkanes of at least 4 members (excludes halogenated alkanes) is 2. The number of carbonyl (C=O) groups is 3. The average Bonchev–Trinajstić information content (AvgIpc) is 3.84. The van der Waals surface area contributed by atoms with Gasteiger partial charge in [-0.15, -0.1) is 6.07 Å². The van der Waals surface area contributed by atoms with Crippen LogP contribution < -0.4 is 104 Å². The van der Waals surface area contributed by atoms with E-state index in [1.165, 1.54) is 17.0 Å². The van der Waals surface area contributed by atoms with E-state index < -0.39 is 47.9 Å². The maximum Gasteiger partial charge on any atom is 1.00 e. The summed E-state index contributed by atoms with van der Waals surface area (Å²) in [5, 5.41) is 2.84. The van der Waals surface area contributed by atoms with Gasteiger partial charge in [-0.2, -0.15) is 18.2 Å². The van der Waals surface area contributed by atoms with Gasteiger partial charge in [0.2, 0.25) is 17.7 Å². The van der Waals surface area contributed by atoms with Crippen LogP contribution in [0.5, 0.6) is 5.75 Å². The van der Waals surface area contributed by atoms with E-state index in [0.29, 0.717) is 68.7 Å². The predicted molar refractivity (Wildman–Crippen MR) is 284 cm³/mol. The molecule has 1 saturated heterocycles. The van der Waals surface area contributed by atoms with Crippen LogP contribution in [-0.2, 0) is 63.0 Å². The fourth-order valence-electron chi connectivity index (χ4n) is 10.6. The zero-order chi connectivity index (χ0) is 54.5. The van der Waals surface area contributed by atoms with Gasteiger partial charge in [0.15, 0.2) is 5.71 Å². The number of likely N-dealkylation sites (tertiary alicyclic amines) is 1. The van der Waals surface area contributed by atoms with E-state index in [-0.39, 0.29) is 161 Å². The number of hydrogen-bond acceptors (Lipinski definition) is 13. The molecule has 4 aliphatic rings. The number of nitrogens with one attached hydrogen (secondary N) is 1. The third-order valence-electron chi connectivity index (χ3n) is 14.7. The summed E-state index contributed by atoms with van der Waals surface area (Å²) in [6.07, 6.45) is 12.7. The van der Waals surface area contributed by atoms with Crippen molar-refractivity contribution in [3.8, 4) is 5.75 Å². The summed E-state index contributed by atoms with van der Waals surface area (Å²) in [5.41, 5.74) is 6.64. The average molecular weight is 1150 g/mol. The molecule has 0 bridgehead atoms. The van der Waals surface area contributed by atoms with Gasteiger partial charge in [-0.1, -0.05) is 76.4 Å². The molecular formula is C56H67N4Na3O12S3. The molecule has 1 N–H and O–H groups in total. The van der Waals surface area contributed by atoms with Crippen molar-refractivity contribution in [1.82, 2.24) is 10.2 Å². The Morgan fingerprint density at radius 1 is 0.897 bits per heavy atom. The monoisotopic (exact) mass is 1150 g/mol. The zero-order valence-corrected chi connectivity index (χ0v) is 55.0. The summed E-state index contributed by atoms with van der Waals surface area (Å²) >= 11 is -2.21. The number of aryl methyl sites for hydroxylation is 1. The molecule has 2 unspecified atom stereocenters. The number of amides is 3. The van der Waals surface area contributed by atoms with Crippen LogP contribution in [0, 0.1) is 17.9 Å². The van der Waals surface area contributed by atoms with Crippen molar-refractivity contribution < 1.29 is 147 Å². The molecule has 0 aromatic heterocycles. The minimum Gasteiger partial charge on any atom is -0.772 e. The Hall–Kier alpha value is -2.57. The van der Waals surface area contributed by atoms with E-state index >= 15 is 0 Å². The molecular weight excluding hydrogens is 1090 g/mol. The number of allylic oxidation sites excluding steroid dienone is 7. The SMILES string of the molecule is CC(C)C1CC(=O)N(CCNC(=O)CCc2ccc(OC3=C(/C=C/C4=[N+](CCCCS(=O)(=O)[O-])c5cc[c-]cc5C4(C)C)CCC/C3=C\C=C3\N(CCCCS(=O)[O-])c4ccc(S(=O)(=O)[O-])cc4C3(C)C)cc2)C1=O.[Na+].[Na+].[Na+]. The second-order valence-corrected chi connectivity index (χ2v) is 24.9. The number of nitrogens with zero attached hydrogens (tertiary/aromatic N) is 3. The molecule has 0 saturated carbocycles. The molecule has 3 aliphatic heterocycles. The van der Waals surface area contributed by atoms with Gasteiger partial charge in [-0.3, -0.25) is 23.5 Å². The third-order valence-corrected chi connectivity index (χ3v) is 17.0. The van der Waals surface area contributed by atoms with E-state index in [1.54, 1.807) is 6.07 Å². The fourth-order valence-corrected chi connectivity index (χ4v) is 12.1. The molecule has 3 heterocycles. The molecule has 0 radical (unpaired) electrons. The van der Waals surface area contributed by atoms with E-state index in [1.807, 2.05) is 82.3 Å². The summed E-state index contributed by atoms with van der Waals surface area (Å²) in [4.78, 5) is 41.0. The minimum atomic E-state index is -4.76. The van der Waals surface area contributed by atoms with E-state index in [2.05, 4.69) is 46.9 Å². The van der Waals surface area contributed by atoms with E-state index in [0.717, 1.165) is 51.5 Å². The Morgan fingerprint density at radius 2 is 1.62 bits per heavy atom. The first-order valence-corrected chi connectivity index (χ1v) is 29.8. The Morgan fingerprint density at radius 3 is 2.27 bits per heavy atom. The van der Waals surface area contributed by atoms with Crippen LogP contribution in [0.4, 0.5) is 11.4 Å². The van der Waals surface area contributed by atoms with E-state index in [4.69, 9.17) is 4.74 Å². The van der Waals surface area contributed by atoms with Crippen molar-refractivity contribution in [3.63, 3.8) is 0 Å². The number of anilines is 1. The molecule has 1 fully saturated rings. The van der Waals surface area contributed by atoms with Gasteiger partial charge >= 0.3 is 88.7 Å². The van der Waals surface area contributed by atoms with Crippen LogP contribution >= 0.6 is 0 Å². The summed E-state index contributed by atoms with van der Waals surface area (Å²) in [5.74, 6) is -0.162. The van der Waals surface area contributed by atoms with Crippen LogP contribution in [0.25, 0.3) is 0 Å². The van der Waals surface area contributed by atoms with Crippen molar-refractivity contribution >= 4 is 66.1 Å². The molecule has 78 heavy (non-hydrogen) atoms. The molecule has 3 amide bonds. The summed E-state index contributed by atoms with van der Waals surface area (Å²) < 4.78 is 103. The largest absolute Gasteiger partial charge is 1.00 e. The molecule has 1 aliphatic carbocycles. The quantitative estimate of drug-likeness (QED) is 0.0218. The first kappa shape index (κ1) is 67.9. The Balaban J connectivity index is 0.00000437. The van der Waals surface area contributed by atoms with Crippen LogP contribution in [0.15, 0.2) is 112 Å². The van der Waals surface area contributed by atoms with Crippen LogP contribution in [0.1, 0.15) is 116 Å². The van der Waals surface area contributed by atoms with Crippen molar-refractivity contribution in [1.29, 1.82) is 0 Å². The maximum absolute atomic E-state index is 12.9. The molecule has 404 valence electrons. The van der Waals surface area contributed by atoms with Crippen molar-refractivity contribution in [3.05, 3.63) is 130 Å². The summed E-state index contributed by atoms with van der Waals surface area (Å²) in [6.45, 7) is 13.2.